The zero-order valence-electron chi connectivity index (χ0n) is 27.9. The van der Waals surface area contributed by atoms with Crippen molar-refractivity contribution in [2.24, 2.45) is 0 Å². The lowest BCUT2D eigenvalue weighted by molar-refractivity contribution is 1.19. The molecular weight excluding hydrogens is 633 g/mol. The second-order valence-corrected chi connectivity index (χ2v) is 14.2. The number of nitrogens with zero attached hydrogens (tertiary/aromatic N) is 3. The second-order valence-electron chi connectivity index (χ2n) is 14.2. The highest BCUT2D eigenvalue weighted by molar-refractivity contribution is 6.41. The summed E-state index contributed by atoms with van der Waals surface area (Å²) in [6.07, 6.45) is 0. The third-order valence-corrected chi connectivity index (χ3v) is 11.6. The van der Waals surface area contributed by atoms with Gasteiger partial charge in [-0.15, -0.1) is 0 Å². The highest BCUT2D eigenvalue weighted by atomic mass is 15.0. The molecule has 13 aromatic rings. The maximum Gasteiger partial charge on any atom is 0.0641 e. The van der Waals surface area contributed by atoms with Crippen LogP contribution in [-0.2, 0) is 0 Å². The lowest BCUT2D eigenvalue weighted by Crippen LogP contribution is -1.94. The second kappa shape index (κ2) is 9.39. The van der Waals surface area contributed by atoms with Gasteiger partial charge in [-0.25, -0.2) is 0 Å². The van der Waals surface area contributed by atoms with E-state index in [0.717, 1.165) is 11.0 Å². The minimum absolute atomic E-state index is 1.16. The minimum Gasteiger partial charge on any atom is -0.354 e. The number of benzene rings is 8. The first-order valence-corrected chi connectivity index (χ1v) is 18.0. The van der Waals surface area contributed by atoms with Crippen molar-refractivity contribution in [2.45, 2.75) is 0 Å². The topological polar surface area (TPSA) is 30.1 Å². The summed E-state index contributed by atoms with van der Waals surface area (Å²) < 4.78 is 7.53. The van der Waals surface area contributed by atoms with Crippen molar-refractivity contribution >= 4 is 104 Å². The maximum absolute atomic E-state index is 3.87. The third-order valence-electron chi connectivity index (χ3n) is 11.6. The predicted molar refractivity (Wildman–Crippen MR) is 219 cm³/mol. The van der Waals surface area contributed by atoms with Crippen LogP contribution in [0.5, 0.6) is 0 Å². The Labute approximate surface area is 296 Å². The molecule has 0 unspecified atom stereocenters. The van der Waals surface area contributed by atoms with Gasteiger partial charge in [0.25, 0.3) is 0 Å². The third kappa shape index (κ3) is 3.11. The normalized spacial score (nSPS) is 12.6. The fraction of sp³-hybridized carbons (Fsp3) is 0. The van der Waals surface area contributed by atoms with Crippen LogP contribution >= 0.6 is 0 Å². The molecule has 0 aliphatic heterocycles. The Morgan fingerprint density at radius 1 is 0.308 bits per heavy atom. The van der Waals surface area contributed by atoms with Gasteiger partial charge in [0, 0.05) is 76.3 Å². The fourth-order valence-electron chi connectivity index (χ4n) is 9.71. The molecular formula is C48H28N4. The van der Waals surface area contributed by atoms with E-state index in [2.05, 4.69) is 182 Å². The molecule has 1 N–H and O–H groups in total. The van der Waals surface area contributed by atoms with E-state index in [1.165, 1.54) is 104 Å². The number of aromatic amines is 1. The molecule has 0 aliphatic rings. The molecule has 4 nitrogen and oxygen atoms in total. The summed E-state index contributed by atoms with van der Waals surface area (Å²) in [6.45, 7) is 0. The van der Waals surface area contributed by atoms with Gasteiger partial charge in [0.2, 0.25) is 0 Å². The number of nitrogens with one attached hydrogen (secondary N) is 1. The van der Waals surface area contributed by atoms with Crippen molar-refractivity contribution in [1.29, 1.82) is 0 Å². The van der Waals surface area contributed by atoms with Gasteiger partial charge in [-0.1, -0.05) is 103 Å². The van der Waals surface area contributed by atoms with Gasteiger partial charge in [0.05, 0.1) is 38.6 Å². The van der Waals surface area contributed by atoms with Crippen molar-refractivity contribution in [3.63, 3.8) is 0 Å². The van der Waals surface area contributed by atoms with Crippen LogP contribution in [0.15, 0.2) is 164 Å². The summed E-state index contributed by atoms with van der Waals surface area (Å²) in [7, 11) is 0. The van der Waals surface area contributed by atoms with Crippen molar-refractivity contribution in [3.8, 4) is 11.4 Å². The van der Waals surface area contributed by atoms with Gasteiger partial charge in [0.15, 0.2) is 0 Å². The van der Waals surface area contributed by atoms with Crippen molar-refractivity contribution in [3.05, 3.63) is 164 Å². The van der Waals surface area contributed by atoms with Crippen LogP contribution in [0.1, 0.15) is 0 Å². The maximum atomic E-state index is 3.87. The summed E-state index contributed by atoms with van der Waals surface area (Å²) in [5.74, 6) is 0. The largest absolute Gasteiger partial charge is 0.354 e. The van der Waals surface area contributed by atoms with Crippen molar-refractivity contribution < 1.29 is 0 Å². The Balaban J connectivity index is 1.36. The van der Waals surface area contributed by atoms with Crippen LogP contribution in [0.3, 0.4) is 0 Å². The van der Waals surface area contributed by atoms with Crippen LogP contribution in [0.25, 0.3) is 115 Å². The molecule has 0 saturated carbocycles. The SMILES string of the molecule is c1ccc(-n2c3ccccc3c3ccc4c(c5cc6[nH]c7ccccc7c6c6c7c8c(ccc7n4c56)c4ccccc4n8-c4ccccc4)c32)cc1. The molecule has 0 spiro atoms. The van der Waals surface area contributed by atoms with Crippen LogP contribution < -0.4 is 0 Å². The molecule has 52 heavy (non-hydrogen) atoms. The number of H-pyrrole nitrogens is 1. The van der Waals surface area contributed by atoms with Crippen LogP contribution in [-0.4, -0.2) is 18.5 Å². The van der Waals surface area contributed by atoms with Crippen molar-refractivity contribution in [2.75, 3.05) is 0 Å². The summed E-state index contributed by atoms with van der Waals surface area (Å²) >= 11 is 0. The molecule has 8 aromatic carbocycles. The Hall–Kier alpha value is -7.04. The number of rotatable bonds is 2. The summed E-state index contributed by atoms with van der Waals surface area (Å²) in [5.41, 5.74) is 13.3. The van der Waals surface area contributed by atoms with E-state index in [1.54, 1.807) is 0 Å². The van der Waals surface area contributed by atoms with Crippen molar-refractivity contribution in [1.82, 2.24) is 18.5 Å². The van der Waals surface area contributed by atoms with E-state index in [1.807, 2.05) is 0 Å². The van der Waals surface area contributed by atoms with E-state index in [4.69, 9.17) is 0 Å². The molecule has 0 atom stereocenters. The molecule has 0 aliphatic carbocycles. The van der Waals surface area contributed by atoms with Gasteiger partial charge in [-0.05, 0) is 60.7 Å². The molecule has 5 aromatic heterocycles. The zero-order valence-corrected chi connectivity index (χ0v) is 27.9. The van der Waals surface area contributed by atoms with E-state index < -0.39 is 0 Å². The molecule has 0 saturated heterocycles. The quantitative estimate of drug-likeness (QED) is 0.191. The molecule has 240 valence electrons. The van der Waals surface area contributed by atoms with Crippen LogP contribution in [0, 0.1) is 0 Å². The summed E-state index contributed by atoms with van der Waals surface area (Å²) in [6, 6.07) is 60.0. The summed E-state index contributed by atoms with van der Waals surface area (Å²) in [4.78, 5) is 3.87. The monoisotopic (exact) mass is 660 g/mol. The minimum atomic E-state index is 1.16. The molecule has 5 heterocycles. The number of para-hydroxylation sites is 5. The highest BCUT2D eigenvalue weighted by Crippen LogP contribution is 2.50. The van der Waals surface area contributed by atoms with Crippen LogP contribution in [0.4, 0.5) is 0 Å². The average Bonchev–Trinajstić information content (AvgIpc) is 3.99. The van der Waals surface area contributed by atoms with Gasteiger partial charge in [0.1, 0.15) is 0 Å². The summed E-state index contributed by atoms with van der Waals surface area (Å²) in [5, 5.41) is 12.7. The predicted octanol–water partition coefficient (Wildman–Crippen LogP) is 12.7. The van der Waals surface area contributed by atoms with Crippen LogP contribution in [0.2, 0.25) is 0 Å². The molecule has 0 bridgehead atoms. The highest BCUT2D eigenvalue weighted by Gasteiger charge is 2.28. The Kier molecular flexibility index (Phi) is 4.83. The first kappa shape index (κ1) is 26.8. The Morgan fingerprint density at radius 3 is 1.46 bits per heavy atom. The Morgan fingerprint density at radius 2 is 0.827 bits per heavy atom. The molecule has 0 radical (unpaired) electrons. The van der Waals surface area contributed by atoms with Gasteiger partial charge >= 0.3 is 0 Å². The smallest absolute Gasteiger partial charge is 0.0641 e. The van der Waals surface area contributed by atoms with Gasteiger partial charge in [-0.3, -0.25) is 0 Å². The van der Waals surface area contributed by atoms with E-state index in [0.29, 0.717) is 0 Å². The standard InChI is InChI=1S/C48H28N4/c1-3-13-28(14-4-1)50-38-21-11-8-17-30(38)32-23-25-40-43(46(32)50)35-27-37-42(34-19-7-10-20-36(34)49-37)45-44-41(52(40)48(35)45)26-24-33-31-18-9-12-22-39(31)51(47(33)44)29-15-5-2-6-16-29/h1-27,49H. The number of hydrogen-bond donors (Lipinski definition) is 1. The molecule has 4 heteroatoms. The van der Waals surface area contributed by atoms with E-state index in [-0.39, 0.29) is 0 Å². The lowest BCUT2D eigenvalue weighted by atomic mass is 9.99. The number of hydrogen-bond acceptors (Lipinski definition) is 0. The molecule has 0 fully saturated rings. The van der Waals surface area contributed by atoms with E-state index in [9.17, 15) is 0 Å². The number of fused-ring (bicyclic) bond motifs is 18. The number of aromatic nitrogens is 4. The molecule has 13 rings (SSSR count). The zero-order chi connectivity index (χ0) is 33.7. The molecule has 0 amide bonds. The average molecular weight is 661 g/mol. The first-order valence-electron chi connectivity index (χ1n) is 18.0. The van der Waals surface area contributed by atoms with E-state index >= 15 is 0 Å². The first-order chi connectivity index (χ1) is 25.8. The fourth-order valence-corrected chi connectivity index (χ4v) is 9.71. The lowest BCUT2D eigenvalue weighted by Gasteiger charge is -2.10. The Bertz CT molecular complexity index is 3610. The van der Waals surface area contributed by atoms with Gasteiger partial charge < -0.3 is 18.5 Å². The van der Waals surface area contributed by atoms with Gasteiger partial charge in [-0.2, -0.15) is 0 Å².